The number of benzene rings is 2. The predicted octanol–water partition coefficient (Wildman–Crippen LogP) is 8.13. The molecule has 0 saturated heterocycles. The van der Waals surface area contributed by atoms with E-state index in [9.17, 15) is 25.2 Å². The average molecular weight is 555 g/mol. The van der Waals surface area contributed by atoms with Crippen LogP contribution < -0.4 is 4.74 Å². The number of phenolic OH excluding ortho intramolecular Hbond substituents is 4. The van der Waals surface area contributed by atoms with E-state index < -0.39 is 12.2 Å². The summed E-state index contributed by atoms with van der Waals surface area (Å²) in [4.78, 5) is 12.7. The Morgan fingerprint density at radius 3 is 2.15 bits per heavy atom. The van der Waals surface area contributed by atoms with E-state index in [0.29, 0.717) is 11.1 Å². The second-order valence-corrected chi connectivity index (χ2v) is 10.8. The average Bonchev–Trinajstić information content (AvgIpc) is 2.92. The number of hydrogen-bond acceptors (Lipinski definition) is 7. The maximum Gasteiger partial charge on any atom is 0.306 e. The summed E-state index contributed by atoms with van der Waals surface area (Å²) < 4.78 is 11.8. The molecule has 7 nitrogen and oxygen atoms in total. The molecule has 0 aromatic heterocycles. The van der Waals surface area contributed by atoms with Crippen LogP contribution in [0.2, 0.25) is 0 Å². The summed E-state index contributed by atoms with van der Waals surface area (Å²) in [5.74, 6) is -0.943. The third kappa shape index (κ3) is 10.00. The SMILES string of the molecule is CCCCCCCC/C=C\CCCCCCCC(=O)O[C@@H]1Cc2c(O)cc(O)cc2O[C@@H]1c1ccc(O)c(O)c1. The molecule has 0 aliphatic carbocycles. The van der Waals surface area contributed by atoms with E-state index in [4.69, 9.17) is 9.47 Å². The largest absolute Gasteiger partial charge is 0.508 e. The van der Waals surface area contributed by atoms with Gasteiger partial charge in [0, 0.05) is 36.1 Å². The van der Waals surface area contributed by atoms with Crippen molar-refractivity contribution in [1.29, 1.82) is 0 Å². The molecule has 0 saturated carbocycles. The first-order chi connectivity index (χ1) is 19.4. The second kappa shape index (κ2) is 16.7. The van der Waals surface area contributed by atoms with Crippen LogP contribution in [0.5, 0.6) is 28.7 Å². The first-order valence-electron chi connectivity index (χ1n) is 15.0. The number of aromatic hydroxyl groups is 4. The van der Waals surface area contributed by atoms with Crippen LogP contribution in [-0.2, 0) is 16.0 Å². The van der Waals surface area contributed by atoms with Gasteiger partial charge in [-0.25, -0.2) is 0 Å². The van der Waals surface area contributed by atoms with Crippen molar-refractivity contribution in [2.75, 3.05) is 0 Å². The number of phenols is 4. The number of unbranched alkanes of at least 4 members (excludes halogenated alkanes) is 11. The van der Waals surface area contributed by atoms with Gasteiger partial charge in [-0.05, 0) is 44.2 Å². The highest BCUT2D eigenvalue weighted by Crippen LogP contribution is 2.43. The molecule has 3 rings (SSSR count). The third-order valence-electron chi connectivity index (χ3n) is 7.42. The molecule has 40 heavy (non-hydrogen) atoms. The normalized spacial score (nSPS) is 16.5. The van der Waals surface area contributed by atoms with Crippen LogP contribution >= 0.6 is 0 Å². The molecule has 1 aliphatic rings. The second-order valence-electron chi connectivity index (χ2n) is 10.8. The fourth-order valence-electron chi connectivity index (χ4n) is 5.12. The lowest BCUT2D eigenvalue weighted by atomic mass is 9.93. The zero-order valence-electron chi connectivity index (χ0n) is 23.8. The topological polar surface area (TPSA) is 116 Å². The number of allylic oxidation sites excluding steroid dienone is 2. The van der Waals surface area contributed by atoms with Gasteiger partial charge in [0.05, 0.1) is 0 Å². The minimum absolute atomic E-state index is 0.139. The van der Waals surface area contributed by atoms with E-state index in [2.05, 4.69) is 19.1 Å². The molecule has 0 radical (unpaired) electrons. The van der Waals surface area contributed by atoms with E-state index >= 15 is 0 Å². The Balaban J connectivity index is 1.39. The van der Waals surface area contributed by atoms with Gasteiger partial charge in [-0.15, -0.1) is 0 Å². The van der Waals surface area contributed by atoms with Gasteiger partial charge in [0.1, 0.15) is 23.4 Å². The molecule has 2 aromatic rings. The van der Waals surface area contributed by atoms with Crippen molar-refractivity contribution in [3.8, 4) is 28.7 Å². The van der Waals surface area contributed by atoms with Crippen LogP contribution in [0.3, 0.4) is 0 Å². The zero-order valence-corrected chi connectivity index (χ0v) is 23.8. The lowest BCUT2D eigenvalue weighted by Gasteiger charge is -2.34. The van der Waals surface area contributed by atoms with Gasteiger partial charge >= 0.3 is 5.97 Å². The van der Waals surface area contributed by atoms with Gasteiger partial charge in [-0.2, -0.15) is 0 Å². The number of ether oxygens (including phenoxy) is 2. The molecule has 1 aliphatic heterocycles. The van der Waals surface area contributed by atoms with Crippen LogP contribution in [0.1, 0.15) is 114 Å². The van der Waals surface area contributed by atoms with E-state index in [1.807, 2.05) is 0 Å². The van der Waals surface area contributed by atoms with Crippen LogP contribution in [0.25, 0.3) is 0 Å². The van der Waals surface area contributed by atoms with Crippen LogP contribution in [-0.4, -0.2) is 32.5 Å². The van der Waals surface area contributed by atoms with Gasteiger partial charge in [-0.1, -0.05) is 76.5 Å². The summed E-state index contributed by atoms with van der Waals surface area (Å²) in [7, 11) is 0. The summed E-state index contributed by atoms with van der Waals surface area (Å²) in [6.45, 7) is 2.25. The maximum absolute atomic E-state index is 12.7. The van der Waals surface area contributed by atoms with Crippen molar-refractivity contribution < 1.29 is 34.7 Å². The molecule has 4 N–H and O–H groups in total. The number of esters is 1. The van der Waals surface area contributed by atoms with Crippen LogP contribution in [0.4, 0.5) is 0 Å². The van der Waals surface area contributed by atoms with Gasteiger partial charge in [0.25, 0.3) is 0 Å². The molecule has 2 aromatic carbocycles. The van der Waals surface area contributed by atoms with Crippen molar-refractivity contribution in [3.63, 3.8) is 0 Å². The Hall–Kier alpha value is -3.35. The highest BCUT2D eigenvalue weighted by molar-refractivity contribution is 5.69. The number of fused-ring (bicyclic) bond motifs is 1. The van der Waals surface area contributed by atoms with E-state index in [1.165, 1.54) is 69.2 Å². The standard InChI is InChI=1S/C33H46O7/c1-2-3-4-5-6-7-8-9-10-11-12-13-14-15-16-17-32(38)39-31-23-26-28(36)21-25(34)22-30(26)40-33(31)24-18-19-27(35)29(37)20-24/h9-10,18-22,31,33-37H,2-8,11-17,23H2,1H3/b10-9-/t31-,33-/m1/s1. The van der Waals surface area contributed by atoms with Crippen molar-refractivity contribution in [1.82, 2.24) is 0 Å². The van der Waals surface area contributed by atoms with Gasteiger partial charge in [-0.3, -0.25) is 4.79 Å². The van der Waals surface area contributed by atoms with Crippen molar-refractivity contribution >= 4 is 5.97 Å². The Labute approximate surface area is 238 Å². The lowest BCUT2D eigenvalue weighted by Crippen LogP contribution is -2.34. The molecule has 0 amide bonds. The number of rotatable bonds is 17. The molecule has 2 atom stereocenters. The molecule has 1 heterocycles. The van der Waals surface area contributed by atoms with Crippen molar-refractivity contribution in [3.05, 3.63) is 53.6 Å². The molecule has 0 spiro atoms. The van der Waals surface area contributed by atoms with E-state index in [-0.39, 0.29) is 47.6 Å². The minimum Gasteiger partial charge on any atom is -0.508 e. The summed E-state index contributed by atoms with van der Waals surface area (Å²) in [5, 5.41) is 39.9. The maximum atomic E-state index is 12.7. The highest BCUT2D eigenvalue weighted by Gasteiger charge is 2.36. The minimum atomic E-state index is -0.779. The quantitative estimate of drug-likeness (QED) is 0.0675. The Morgan fingerprint density at radius 2 is 1.48 bits per heavy atom. The molecule has 0 fully saturated rings. The van der Waals surface area contributed by atoms with E-state index in [1.54, 1.807) is 6.07 Å². The Kier molecular flexibility index (Phi) is 13.0. The number of hydrogen-bond donors (Lipinski definition) is 4. The predicted molar refractivity (Wildman–Crippen MR) is 156 cm³/mol. The highest BCUT2D eigenvalue weighted by atomic mass is 16.6. The molecule has 220 valence electrons. The summed E-state index contributed by atoms with van der Waals surface area (Å²) in [6.07, 6.45) is 18.9. The Morgan fingerprint density at radius 1 is 0.825 bits per heavy atom. The lowest BCUT2D eigenvalue weighted by molar-refractivity contribution is -0.155. The molecular weight excluding hydrogens is 508 g/mol. The van der Waals surface area contributed by atoms with Gasteiger partial charge < -0.3 is 29.9 Å². The van der Waals surface area contributed by atoms with Gasteiger partial charge in [0.2, 0.25) is 0 Å². The zero-order chi connectivity index (χ0) is 28.7. The fourth-order valence-corrected chi connectivity index (χ4v) is 5.12. The first-order valence-corrected chi connectivity index (χ1v) is 15.0. The molecule has 0 bridgehead atoms. The fraction of sp³-hybridized carbons (Fsp3) is 0.545. The monoisotopic (exact) mass is 554 g/mol. The first kappa shape index (κ1) is 31.2. The summed E-state index contributed by atoms with van der Waals surface area (Å²) in [5.41, 5.74) is 0.943. The molecule has 0 unspecified atom stereocenters. The van der Waals surface area contributed by atoms with Gasteiger partial charge in [0.15, 0.2) is 17.6 Å². The third-order valence-corrected chi connectivity index (χ3v) is 7.42. The van der Waals surface area contributed by atoms with Crippen LogP contribution in [0.15, 0.2) is 42.5 Å². The summed E-state index contributed by atoms with van der Waals surface area (Å²) >= 11 is 0. The Bertz CT molecular complexity index is 1090. The van der Waals surface area contributed by atoms with Crippen molar-refractivity contribution in [2.24, 2.45) is 0 Å². The number of carbonyl (C=O) groups is 1. The molecular formula is C33H46O7. The number of carbonyl (C=O) groups excluding carboxylic acids is 1. The van der Waals surface area contributed by atoms with Crippen molar-refractivity contribution in [2.45, 2.75) is 115 Å². The molecule has 7 heteroatoms. The smallest absolute Gasteiger partial charge is 0.306 e. The van der Waals surface area contributed by atoms with E-state index in [0.717, 1.165) is 38.5 Å². The van der Waals surface area contributed by atoms with Crippen LogP contribution in [0, 0.1) is 0 Å². The summed E-state index contributed by atoms with van der Waals surface area (Å²) in [6, 6.07) is 6.90.